The van der Waals surface area contributed by atoms with Crippen molar-refractivity contribution in [3.63, 3.8) is 0 Å². The van der Waals surface area contributed by atoms with E-state index in [0.29, 0.717) is 5.75 Å². The lowest BCUT2D eigenvalue weighted by atomic mass is 9.91. The van der Waals surface area contributed by atoms with E-state index >= 15 is 0 Å². The molecule has 1 aromatic rings. The summed E-state index contributed by atoms with van der Waals surface area (Å²) in [5, 5.41) is 18.8. The number of aliphatic hydroxyl groups is 1. The number of hydrogen-bond acceptors (Lipinski definition) is 4. The Morgan fingerprint density at radius 1 is 1.27 bits per heavy atom. The zero-order chi connectivity index (χ0) is 16.3. The van der Waals surface area contributed by atoms with E-state index in [9.17, 15) is 14.7 Å². The highest BCUT2D eigenvalue weighted by atomic mass is 16.5. The molecule has 1 aromatic carbocycles. The second kappa shape index (κ2) is 6.36. The molecule has 0 atom stereocenters. The molecule has 0 saturated carbocycles. The fourth-order valence-electron chi connectivity index (χ4n) is 2.53. The molecule has 1 aliphatic heterocycles. The third kappa shape index (κ3) is 3.57. The van der Waals surface area contributed by atoms with Crippen LogP contribution in [0.5, 0.6) is 5.75 Å². The molecule has 120 valence electrons. The molecule has 22 heavy (non-hydrogen) atoms. The molecular formula is C16H21NO5. The second-order valence-electron chi connectivity index (χ2n) is 5.78. The molecule has 0 spiro atoms. The van der Waals surface area contributed by atoms with Crippen molar-refractivity contribution in [2.75, 3.05) is 19.7 Å². The molecular weight excluding hydrogens is 286 g/mol. The summed E-state index contributed by atoms with van der Waals surface area (Å²) in [5.41, 5.74) is 0.373. The summed E-state index contributed by atoms with van der Waals surface area (Å²) in [6, 6.07) is 5.73. The van der Waals surface area contributed by atoms with Gasteiger partial charge in [-0.3, -0.25) is 4.79 Å². The molecule has 6 heteroatoms. The number of likely N-dealkylation sites (tertiary alicyclic amines) is 1. The third-order valence-corrected chi connectivity index (χ3v) is 4.02. The van der Waals surface area contributed by atoms with Crippen LogP contribution in [0.1, 0.15) is 24.0 Å². The average molecular weight is 307 g/mol. The van der Waals surface area contributed by atoms with Gasteiger partial charge in [-0.05, 0) is 25.5 Å². The standard InChI is InChI=1S/C16H21NO5/c1-11-3-4-13(12(2)9-11)22-10-14(18)17-7-5-16(21,6-8-17)15(19)20/h3-4,9,21H,5-8,10H2,1-2H3,(H,19,20). The highest BCUT2D eigenvalue weighted by molar-refractivity contribution is 5.80. The number of carbonyl (C=O) groups excluding carboxylic acids is 1. The Balaban J connectivity index is 1.87. The number of carboxylic acid groups (broad SMARTS) is 1. The minimum Gasteiger partial charge on any atom is -0.484 e. The number of piperidine rings is 1. The maximum Gasteiger partial charge on any atom is 0.335 e. The van der Waals surface area contributed by atoms with Crippen molar-refractivity contribution in [3.05, 3.63) is 29.3 Å². The molecule has 1 aliphatic rings. The topological polar surface area (TPSA) is 87.1 Å². The summed E-state index contributed by atoms with van der Waals surface area (Å²) in [6.45, 7) is 4.26. The van der Waals surface area contributed by atoms with Crippen molar-refractivity contribution in [2.45, 2.75) is 32.3 Å². The van der Waals surface area contributed by atoms with Crippen LogP contribution in [0.4, 0.5) is 0 Å². The summed E-state index contributed by atoms with van der Waals surface area (Å²) >= 11 is 0. The monoisotopic (exact) mass is 307 g/mol. The minimum atomic E-state index is -1.72. The largest absolute Gasteiger partial charge is 0.484 e. The fraction of sp³-hybridized carbons (Fsp3) is 0.500. The molecule has 1 fully saturated rings. The van der Waals surface area contributed by atoms with E-state index in [0.717, 1.165) is 11.1 Å². The van der Waals surface area contributed by atoms with Crippen LogP contribution in [0, 0.1) is 13.8 Å². The highest BCUT2D eigenvalue weighted by Gasteiger charge is 2.40. The van der Waals surface area contributed by atoms with E-state index in [1.807, 2.05) is 32.0 Å². The van der Waals surface area contributed by atoms with Crippen molar-refractivity contribution in [2.24, 2.45) is 0 Å². The molecule has 1 amide bonds. The van der Waals surface area contributed by atoms with E-state index in [1.54, 1.807) is 0 Å². The van der Waals surface area contributed by atoms with Gasteiger partial charge in [0.1, 0.15) is 5.75 Å². The van der Waals surface area contributed by atoms with E-state index in [-0.39, 0.29) is 38.4 Å². The van der Waals surface area contributed by atoms with Gasteiger partial charge in [0.25, 0.3) is 5.91 Å². The van der Waals surface area contributed by atoms with Gasteiger partial charge < -0.3 is 19.8 Å². The van der Waals surface area contributed by atoms with Gasteiger partial charge >= 0.3 is 5.97 Å². The normalized spacial score (nSPS) is 17.1. The van der Waals surface area contributed by atoms with Crippen molar-refractivity contribution >= 4 is 11.9 Å². The first kappa shape index (κ1) is 16.3. The quantitative estimate of drug-likeness (QED) is 0.870. The number of benzene rings is 1. The number of nitrogens with zero attached hydrogens (tertiary/aromatic N) is 1. The van der Waals surface area contributed by atoms with Crippen LogP contribution in [0.3, 0.4) is 0 Å². The number of rotatable bonds is 4. The summed E-state index contributed by atoms with van der Waals surface area (Å²) in [7, 11) is 0. The molecule has 1 heterocycles. The number of hydrogen-bond donors (Lipinski definition) is 2. The number of amides is 1. The lowest BCUT2D eigenvalue weighted by Gasteiger charge is -2.35. The van der Waals surface area contributed by atoms with Crippen LogP contribution in [0.2, 0.25) is 0 Å². The van der Waals surface area contributed by atoms with Gasteiger partial charge in [-0.2, -0.15) is 0 Å². The average Bonchev–Trinajstić information content (AvgIpc) is 2.46. The zero-order valence-corrected chi connectivity index (χ0v) is 12.8. The van der Waals surface area contributed by atoms with E-state index in [1.165, 1.54) is 4.90 Å². The molecule has 6 nitrogen and oxygen atoms in total. The SMILES string of the molecule is Cc1ccc(OCC(=O)N2CCC(O)(C(=O)O)CC2)c(C)c1. The summed E-state index contributed by atoms with van der Waals surface area (Å²) < 4.78 is 5.54. The van der Waals surface area contributed by atoms with Gasteiger partial charge in [0.05, 0.1) is 0 Å². The Hall–Kier alpha value is -2.08. The Labute approximate surface area is 129 Å². The van der Waals surface area contributed by atoms with Gasteiger partial charge in [0.15, 0.2) is 12.2 Å². The van der Waals surface area contributed by atoms with Crippen molar-refractivity contribution < 1.29 is 24.5 Å². The summed E-state index contributed by atoms with van der Waals surface area (Å²) in [6.07, 6.45) is 0.0786. The van der Waals surface area contributed by atoms with Gasteiger partial charge in [0, 0.05) is 25.9 Å². The number of aryl methyl sites for hydroxylation is 2. The van der Waals surface area contributed by atoms with Gasteiger partial charge in [-0.1, -0.05) is 17.7 Å². The van der Waals surface area contributed by atoms with Crippen LogP contribution < -0.4 is 4.74 Å². The van der Waals surface area contributed by atoms with Crippen molar-refractivity contribution in [1.29, 1.82) is 0 Å². The number of carbonyl (C=O) groups is 2. The molecule has 0 unspecified atom stereocenters. The Bertz CT molecular complexity index is 576. The molecule has 0 aromatic heterocycles. The van der Waals surface area contributed by atoms with Gasteiger partial charge in [-0.25, -0.2) is 4.79 Å². The molecule has 2 rings (SSSR count). The second-order valence-corrected chi connectivity index (χ2v) is 5.78. The van der Waals surface area contributed by atoms with E-state index in [4.69, 9.17) is 9.84 Å². The predicted octanol–water partition coefficient (Wildman–Crippen LogP) is 1.12. The molecule has 0 aliphatic carbocycles. The number of carboxylic acids is 1. The van der Waals surface area contributed by atoms with E-state index in [2.05, 4.69) is 0 Å². The molecule has 1 saturated heterocycles. The van der Waals surface area contributed by atoms with Gasteiger partial charge in [0.2, 0.25) is 0 Å². The predicted molar refractivity (Wildman–Crippen MR) is 79.8 cm³/mol. The van der Waals surface area contributed by atoms with Crippen LogP contribution in [0.15, 0.2) is 18.2 Å². The number of aliphatic carboxylic acids is 1. The fourth-order valence-corrected chi connectivity index (χ4v) is 2.53. The van der Waals surface area contributed by atoms with Crippen LogP contribution in [0.25, 0.3) is 0 Å². The summed E-state index contributed by atoms with van der Waals surface area (Å²) in [5.74, 6) is -0.767. The maximum absolute atomic E-state index is 12.1. The molecule has 0 bridgehead atoms. The molecule has 0 radical (unpaired) electrons. The minimum absolute atomic E-state index is 0.0393. The maximum atomic E-state index is 12.1. The van der Waals surface area contributed by atoms with Crippen LogP contribution >= 0.6 is 0 Å². The first-order valence-electron chi connectivity index (χ1n) is 7.25. The lowest BCUT2D eigenvalue weighted by molar-refractivity contribution is -0.165. The van der Waals surface area contributed by atoms with Crippen LogP contribution in [-0.4, -0.2) is 52.3 Å². The van der Waals surface area contributed by atoms with Crippen molar-refractivity contribution in [1.82, 2.24) is 4.90 Å². The highest BCUT2D eigenvalue weighted by Crippen LogP contribution is 2.23. The molecule has 2 N–H and O–H groups in total. The Morgan fingerprint density at radius 3 is 2.45 bits per heavy atom. The number of ether oxygens (including phenoxy) is 1. The summed E-state index contributed by atoms with van der Waals surface area (Å²) in [4.78, 5) is 24.6. The van der Waals surface area contributed by atoms with E-state index < -0.39 is 11.6 Å². The smallest absolute Gasteiger partial charge is 0.335 e. The van der Waals surface area contributed by atoms with Gasteiger partial charge in [-0.15, -0.1) is 0 Å². The van der Waals surface area contributed by atoms with Crippen molar-refractivity contribution in [3.8, 4) is 5.75 Å². The lowest BCUT2D eigenvalue weighted by Crippen LogP contribution is -2.51. The van der Waals surface area contributed by atoms with Crippen LogP contribution in [-0.2, 0) is 9.59 Å². The first-order valence-corrected chi connectivity index (χ1v) is 7.25. The Kier molecular flexibility index (Phi) is 4.71. The Morgan fingerprint density at radius 2 is 1.91 bits per heavy atom. The zero-order valence-electron chi connectivity index (χ0n) is 12.8. The first-order chi connectivity index (χ1) is 10.3. The third-order valence-electron chi connectivity index (χ3n) is 4.02.